The predicted molar refractivity (Wildman–Crippen MR) is 99.9 cm³/mol. The third kappa shape index (κ3) is 2.57. The highest BCUT2D eigenvalue weighted by Crippen LogP contribution is 2.32. The van der Waals surface area contributed by atoms with Gasteiger partial charge in [0.2, 0.25) is 0 Å². The monoisotopic (exact) mass is 338 g/mol. The zero-order valence-electron chi connectivity index (χ0n) is 13.8. The lowest BCUT2D eigenvalue weighted by molar-refractivity contribution is 0.740. The third-order valence-electron chi connectivity index (χ3n) is 4.54. The van der Waals surface area contributed by atoms with Gasteiger partial charge in [-0.15, -0.1) is 0 Å². The molecule has 1 aromatic heterocycles. The van der Waals surface area contributed by atoms with Gasteiger partial charge in [-0.2, -0.15) is 5.10 Å². The van der Waals surface area contributed by atoms with Gasteiger partial charge in [-0.25, -0.2) is 0 Å². The Balaban J connectivity index is 1.86. The molecular weight excluding hydrogens is 320 g/mol. The molecule has 0 fully saturated rings. The van der Waals surface area contributed by atoms with Gasteiger partial charge in [-0.3, -0.25) is 9.67 Å². The maximum absolute atomic E-state index is 6.11. The van der Waals surface area contributed by atoms with Crippen LogP contribution in [0.15, 0.2) is 41.4 Å². The Morgan fingerprint density at radius 1 is 1.21 bits per heavy atom. The highest BCUT2D eigenvalue weighted by atomic mass is 35.5. The minimum Gasteiger partial charge on any atom is -0.372 e. The van der Waals surface area contributed by atoms with E-state index in [0.717, 1.165) is 47.0 Å². The second kappa shape index (κ2) is 5.95. The number of aromatic nitrogens is 2. The van der Waals surface area contributed by atoms with E-state index in [4.69, 9.17) is 16.7 Å². The van der Waals surface area contributed by atoms with E-state index in [2.05, 4.69) is 41.5 Å². The summed E-state index contributed by atoms with van der Waals surface area (Å²) < 4.78 is 1.97. The molecule has 0 bridgehead atoms. The van der Waals surface area contributed by atoms with E-state index in [9.17, 15) is 0 Å². The number of halogens is 1. The quantitative estimate of drug-likeness (QED) is 0.790. The maximum Gasteiger partial charge on any atom is 0.102 e. The van der Waals surface area contributed by atoms with Crippen LogP contribution in [0, 0.1) is 6.92 Å². The smallest absolute Gasteiger partial charge is 0.102 e. The molecule has 122 valence electrons. The number of aryl methyl sites for hydroxylation is 2. The van der Waals surface area contributed by atoms with Crippen LogP contribution in [0.1, 0.15) is 11.3 Å². The van der Waals surface area contributed by atoms with Crippen molar-refractivity contribution in [3.63, 3.8) is 0 Å². The number of amidine groups is 1. The molecule has 4 nitrogen and oxygen atoms in total. The minimum absolute atomic E-state index is 0.760. The lowest BCUT2D eigenvalue weighted by Gasteiger charge is -2.07. The second-order valence-electron chi connectivity index (χ2n) is 6.16. The van der Waals surface area contributed by atoms with E-state index in [-0.39, 0.29) is 0 Å². The standard InChI is InChI=1S/C19H19ClN4/c1-12-10-13(20)6-7-14(12)15-4-3-5-16-17(24(2)23-19(15)16)11-18-21-8-9-22-18/h3-7,10H,8-9,11H2,1-2H3,(H,21,22). The van der Waals surface area contributed by atoms with Gasteiger partial charge in [-0.05, 0) is 30.2 Å². The van der Waals surface area contributed by atoms with Crippen LogP contribution in [-0.4, -0.2) is 28.7 Å². The van der Waals surface area contributed by atoms with Crippen LogP contribution < -0.4 is 5.32 Å². The fourth-order valence-electron chi connectivity index (χ4n) is 3.35. The number of hydrogen-bond donors (Lipinski definition) is 1. The molecule has 4 rings (SSSR count). The van der Waals surface area contributed by atoms with Crippen molar-refractivity contribution in [1.29, 1.82) is 0 Å². The van der Waals surface area contributed by atoms with Gasteiger partial charge in [-0.1, -0.05) is 35.9 Å². The number of aliphatic imine (C=N–C) groups is 1. The average molecular weight is 339 g/mol. The maximum atomic E-state index is 6.11. The number of fused-ring (bicyclic) bond motifs is 1. The molecule has 5 heteroatoms. The Morgan fingerprint density at radius 3 is 2.83 bits per heavy atom. The first-order valence-electron chi connectivity index (χ1n) is 8.12. The summed E-state index contributed by atoms with van der Waals surface area (Å²) in [6.07, 6.45) is 0.788. The Bertz CT molecular complexity index is 955. The van der Waals surface area contributed by atoms with Gasteiger partial charge in [0.25, 0.3) is 0 Å². The van der Waals surface area contributed by atoms with Crippen LogP contribution in [0.25, 0.3) is 22.0 Å². The molecule has 0 aliphatic carbocycles. The van der Waals surface area contributed by atoms with Gasteiger partial charge < -0.3 is 5.32 Å². The molecule has 1 aliphatic heterocycles. The molecule has 2 aromatic carbocycles. The number of nitrogens with one attached hydrogen (secondary N) is 1. The summed E-state index contributed by atoms with van der Waals surface area (Å²) in [6.45, 7) is 3.88. The molecule has 0 atom stereocenters. The molecule has 24 heavy (non-hydrogen) atoms. The first kappa shape index (κ1) is 15.2. The molecule has 0 amide bonds. The second-order valence-corrected chi connectivity index (χ2v) is 6.60. The van der Waals surface area contributed by atoms with Gasteiger partial charge >= 0.3 is 0 Å². The van der Waals surface area contributed by atoms with Crippen molar-refractivity contribution >= 4 is 28.3 Å². The normalized spacial score (nSPS) is 14.0. The van der Waals surface area contributed by atoms with Crippen molar-refractivity contribution in [3.8, 4) is 11.1 Å². The van der Waals surface area contributed by atoms with Gasteiger partial charge in [0.05, 0.1) is 12.2 Å². The van der Waals surface area contributed by atoms with Crippen molar-refractivity contribution in [2.45, 2.75) is 13.3 Å². The summed E-state index contributed by atoms with van der Waals surface area (Å²) in [5.74, 6) is 1.05. The van der Waals surface area contributed by atoms with Crippen LogP contribution in [-0.2, 0) is 13.5 Å². The Morgan fingerprint density at radius 2 is 2.08 bits per heavy atom. The third-order valence-corrected chi connectivity index (χ3v) is 4.78. The number of benzene rings is 2. The zero-order valence-corrected chi connectivity index (χ0v) is 14.6. The first-order chi connectivity index (χ1) is 11.6. The predicted octanol–water partition coefficient (Wildman–Crippen LogP) is 3.75. The summed E-state index contributed by atoms with van der Waals surface area (Å²) in [7, 11) is 2.00. The van der Waals surface area contributed by atoms with Crippen LogP contribution in [0.2, 0.25) is 5.02 Å². The lowest BCUT2D eigenvalue weighted by atomic mass is 9.98. The molecule has 1 N–H and O–H groups in total. The molecule has 2 heterocycles. The van der Waals surface area contributed by atoms with E-state index < -0.39 is 0 Å². The summed E-state index contributed by atoms with van der Waals surface area (Å²) >= 11 is 6.11. The van der Waals surface area contributed by atoms with E-state index in [1.807, 2.05) is 23.9 Å². The van der Waals surface area contributed by atoms with Gasteiger partial charge in [0.1, 0.15) is 11.4 Å². The fraction of sp³-hybridized carbons (Fsp3) is 0.263. The van der Waals surface area contributed by atoms with E-state index >= 15 is 0 Å². The molecule has 0 unspecified atom stereocenters. The lowest BCUT2D eigenvalue weighted by Crippen LogP contribution is -2.21. The van der Waals surface area contributed by atoms with E-state index in [1.165, 1.54) is 16.6 Å². The van der Waals surface area contributed by atoms with Crippen molar-refractivity contribution in [1.82, 2.24) is 15.1 Å². The highest BCUT2D eigenvalue weighted by molar-refractivity contribution is 6.30. The van der Waals surface area contributed by atoms with Crippen molar-refractivity contribution in [3.05, 3.63) is 52.7 Å². The molecule has 0 radical (unpaired) electrons. The minimum atomic E-state index is 0.760. The topological polar surface area (TPSA) is 42.2 Å². The van der Waals surface area contributed by atoms with Crippen molar-refractivity contribution in [2.24, 2.45) is 12.0 Å². The van der Waals surface area contributed by atoms with Gasteiger partial charge in [0, 0.05) is 36.0 Å². The SMILES string of the molecule is Cc1cc(Cl)ccc1-c1cccc2c(CC3=NCCN3)n(C)nc12. The summed E-state index contributed by atoms with van der Waals surface area (Å²) in [4.78, 5) is 4.51. The molecule has 0 spiro atoms. The number of hydrogen-bond acceptors (Lipinski definition) is 3. The number of nitrogens with zero attached hydrogens (tertiary/aromatic N) is 3. The molecular formula is C19H19ClN4. The first-order valence-corrected chi connectivity index (χ1v) is 8.49. The Labute approximate surface area is 146 Å². The van der Waals surface area contributed by atoms with Crippen LogP contribution in [0.5, 0.6) is 0 Å². The van der Waals surface area contributed by atoms with E-state index in [0.29, 0.717) is 0 Å². The Hall–Kier alpha value is -2.33. The molecule has 0 saturated heterocycles. The van der Waals surface area contributed by atoms with Crippen LogP contribution >= 0.6 is 11.6 Å². The molecule has 1 aliphatic rings. The summed E-state index contributed by atoms with van der Waals surface area (Å²) in [5.41, 5.74) is 5.69. The number of rotatable bonds is 3. The zero-order chi connectivity index (χ0) is 16.7. The van der Waals surface area contributed by atoms with E-state index in [1.54, 1.807) is 0 Å². The fourth-order valence-corrected chi connectivity index (χ4v) is 3.58. The Kier molecular flexibility index (Phi) is 3.77. The van der Waals surface area contributed by atoms with Crippen LogP contribution in [0.3, 0.4) is 0 Å². The van der Waals surface area contributed by atoms with Gasteiger partial charge in [0.15, 0.2) is 0 Å². The molecule has 3 aromatic rings. The average Bonchev–Trinajstić information content (AvgIpc) is 3.17. The highest BCUT2D eigenvalue weighted by Gasteiger charge is 2.17. The van der Waals surface area contributed by atoms with Crippen LogP contribution in [0.4, 0.5) is 0 Å². The molecule has 0 saturated carbocycles. The summed E-state index contributed by atoms with van der Waals surface area (Å²) in [6, 6.07) is 12.4. The summed E-state index contributed by atoms with van der Waals surface area (Å²) in [5, 5.41) is 10.1. The van der Waals surface area contributed by atoms with Crippen molar-refractivity contribution < 1.29 is 0 Å². The van der Waals surface area contributed by atoms with Crippen molar-refractivity contribution in [2.75, 3.05) is 13.1 Å². The largest absolute Gasteiger partial charge is 0.372 e.